The molecule has 0 saturated heterocycles. The molecule has 1 aromatic heterocycles. The van der Waals surface area contributed by atoms with Crippen LogP contribution in [0.1, 0.15) is 47.2 Å². The normalized spacial score (nSPS) is 15.4. The Morgan fingerprint density at radius 1 is 1.05 bits per heavy atom. The first-order valence-electron chi connectivity index (χ1n) is 12.4. The van der Waals surface area contributed by atoms with E-state index in [1.54, 1.807) is 36.5 Å². The summed E-state index contributed by atoms with van der Waals surface area (Å²) in [5.74, 6) is -1.06. The van der Waals surface area contributed by atoms with E-state index in [1.165, 1.54) is 17.7 Å². The second kappa shape index (κ2) is 12.8. The molecular formula is C28H28Cl2N4O4. The van der Waals surface area contributed by atoms with Crippen LogP contribution in [-0.4, -0.2) is 40.0 Å². The molecule has 4 rings (SSSR count). The number of hydrogen-bond acceptors (Lipinski definition) is 5. The lowest BCUT2D eigenvalue weighted by Crippen LogP contribution is -2.42. The van der Waals surface area contributed by atoms with Gasteiger partial charge in [-0.3, -0.25) is 9.59 Å². The number of carboxylic acid groups (broad SMARTS) is 1. The van der Waals surface area contributed by atoms with E-state index in [0.29, 0.717) is 24.1 Å². The summed E-state index contributed by atoms with van der Waals surface area (Å²) in [6.07, 6.45) is 5.86. The first-order chi connectivity index (χ1) is 18.3. The lowest BCUT2D eigenvalue weighted by molar-refractivity contribution is -0.139. The number of benzene rings is 2. The first kappa shape index (κ1) is 27.4. The Hall–Kier alpha value is -3.62. The van der Waals surface area contributed by atoms with Gasteiger partial charge in [0, 0.05) is 30.8 Å². The molecule has 1 aliphatic rings. The molecule has 3 aromatic rings. The van der Waals surface area contributed by atoms with Crippen LogP contribution in [0, 0.1) is 0 Å². The predicted octanol–water partition coefficient (Wildman–Crippen LogP) is 5.35. The number of fused-ring (bicyclic) bond motifs is 1. The quantitative estimate of drug-likeness (QED) is 0.283. The standard InChI is InChI=1S/C28H28Cl2N4O4/c29-21-7-2-8-22(30)25(21)27(36)34-23(28(37)38)16-17-9-11-20(12-10-17)32-24(35)14-13-19-6-1-4-18-5-3-15-31-26(18)33-19/h2-3,5,7-12,15,19,23H,1,4,6,13-14,16H2,(H,31,33)(H,32,35)(H,34,36)(H,37,38)/t19?,23-/m0/s1. The molecule has 0 fully saturated rings. The van der Waals surface area contributed by atoms with Crippen molar-refractivity contribution in [2.45, 2.75) is 50.6 Å². The number of pyridine rings is 1. The van der Waals surface area contributed by atoms with Gasteiger partial charge in [-0.1, -0.05) is 47.5 Å². The van der Waals surface area contributed by atoms with Gasteiger partial charge in [0.2, 0.25) is 5.91 Å². The molecule has 1 aliphatic heterocycles. The minimum atomic E-state index is -1.19. The number of carboxylic acids is 1. The van der Waals surface area contributed by atoms with Crippen molar-refractivity contribution < 1.29 is 19.5 Å². The maximum absolute atomic E-state index is 12.6. The van der Waals surface area contributed by atoms with Crippen molar-refractivity contribution in [1.82, 2.24) is 10.3 Å². The average molecular weight is 555 g/mol. The van der Waals surface area contributed by atoms with Crippen LogP contribution < -0.4 is 16.0 Å². The Bertz CT molecular complexity index is 1300. The van der Waals surface area contributed by atoms with Crippen molar-refractivity contribution >= 4 is 52.5 Å². The Morgan fingerprint density at radius 2 is 1.79 bits per heavy atom. The summed E-state index contributed by atoms with van der Waals surface area (Å²) >= 11 is 12.1. The van der Waals surface area contributed by atoms with Gasteiger partial charge in [-0.25, -0.2) is 9.78 Å². The second-order valence-corrected chi connectivity index (χ2v) is 10.0. The van der Waals surface area contributed by atoms with Gasteiger partial charge in [0.05, 0.1) is 15.6 Å². The molecule has 0 aliphatic carbocycles. The Kier molecular flexibility index (Phi) is 9.20. The van der Waals surface area contributed by atoms with E-state index in [-0.39, 0.29) is 34.0 Å². The highest BCUT2D eigenvalue weighted by Crippen LogP contribution is 2.25. The minimum absolute atomic E-state index is 0.0275. The number of aryl methyl sites for hydroxylation is 1. The first-order valence-corrected chi connectivity index (χ1v) is 13.1. The molecule has 0 spiro atoms. The maximum Gasteiger partial charge on any atom is 0.326 e. The number of nitrogens with zero attached hydrogens (tertiary/aromatic N) is 1. The largest absolute Gasteiger partial charge is 0.480 e. The number of carbonyl (C=O) groups is 3. The molecule has 2 heterocycles. The van der Waals surface area contributed by atoms with Crippen LogP contribution in [0.4, 0.5) is 11.5 Å². The van der Waals surface area contributed by atoms with E-state index in [4.69, 9.17) is 23.2 Å². The molecule has 38 heavy (non-hydrogen) atoms. The zero-order valence-corrected chi connectivity index (χ0v) is 22.1. The molecule has 10 heteroatoms. The summed E-state index contributed by atoms with van der Waals surface area (Å²) in [4.78, 5) is 41.4. The fourth-order valence-corrected chi connectivity index (χ4v) is 4.99. The van der Waals surface area contributed by atoms with Crippen LogP contribution in [-0.2, 0) is 22.4 Å². The molecule has 0 saturated carbocycles. The molecule has 4 N–H and O–H groups in total. The third-order valence-corrected chi connectivity index (χ3v) is 7.05. The van der Waals surface area contributed by atoms with Gasteiger partial charge in [-0.15, -0.1) is 0 Å². The number of anilines is 2. The monoisotopic (exact) mass is 554 g/mol. The number of nitrogens with one attached hydrogen (secondary N) is 3. The van der Waals surface area contributed by atoms with E-state index < -0.39 is 17.9 Å². The van der Waals surface area contributed by atoms with Crippen molar-refractivity contribution in [3.05, 3.63) is 87.5 Å². The van der Waals surface area contributed by atoms with Crippen molar-refractivity contribution in [2.75, 3.05) is 10.6 Å². The Labute approximate surface area is 230 Å². The molecule has 2 aromatic carbocycles. The summed E-state index contributed by atoms with van der Waals surface area (Å²) in [7, 11) is 0. The predicted molar refractivity (Wildman–Crippen MR) is 148 cm³/mol. The molecule has 8 nitrogen and oxygen atoms in total. The third kappa shape index (κ3) is 7.24. The molecule has 1 unspecified atom stereocenters. The van der Waals surface area contributed by atoms with Gasteiger partial charge >= 0.3 is 5.97 Å². The molecule has 0 radical (unpaired) electrons. The molecule has 2 atom stereocenters. The second-order valence-electron chi connectivity index (χ2n) is 9.19. The van der Waals surface area contributed by atoms with E-state index in [0.717, 1.165) is 25.1 Å². The lowest BCUT2D eigenvalue weighted by atomic mass is 10.0. The van der Waals surface area contributed by atoms with Crippen molar-refractivity contribution in [3.8, 4) is 0 Å². The zero-order valence-electron chi connectivity index (χ0n) is 20.5. The van der Waals surface area contributed by atoms with Crippen LogP contribution in [0.3, 0.4) is 0 Å². The van der Waals surface area contributed by atoms with Gasteiger partial charge in [-0.05, 0) is 67.1 Å². The van der Waals surface area contributed by atoms with Crippen molar-refractivity contribution in [2.24, 2.45) is 0 Å². The number of hydrogen-bond donors (Lipinski definition) is 4. The number of amides is 2. The average Bonchev–Trinajstić information content (AvgIpc) is 3.10. The Morgan fingerprint density at radius 3 is 2.50 bits per heavy atom. The van der Waals surface area contributed by atoms with Gasteiger partial charge in [0.15, 0.2) is 0 Å². The third-order valence-electron chi connectivity index (χ3n) is 6.42. The fourth-order valence-electron chi connectivity index (χ4n) is 4.43. The summed E-state index contributed by atoms with van der Waals surface area (Å²) in [6.45, 7) is 0. The van der Waals surface area contributed by atoms with Crippen LogP contribution in [0.5, 0.6) is 0 Å². The molecule has 2 amide bonds. The van der Waals surface area contributed by atoms with E-state index >= 15 is 0 Å². The fraction of sp³-hybridized carbons (Fsp3) is 0.286. The van der Waals surface area contributed by atoms with Crippen LogP contribution >= 0.6 is 23.2 Å². The molecule has 0 bridgehead atoms. The lowest BCUT2D eigenvalue weighted by Gasteiger charge is -2.17. The van der Waals surface area contributed by atoms with Gasteiger partial charge in [0.1, 0.15) is 11.9 Å². The zero-order chi connectivity index (χ0) is 27.1. The summed E-state index contributed by atoms with van der Waals surface area (Å²) < 4.78 is 0. The smallest absolute Gasteiger partial charge is 0.326 e. The van der Waals surface area contributed by atoms with Crippen LogP contribution in [0.15, 0.2) is 60.8 Å². The van der Waals surface area contributed by atoms with Crippen molar-refractivity contribution in [3.63, 3.8) is 0 Å². The van der Waals surface area contributed by atoms with Crippen LogP contribution in [0.2, 0.25) is 10.0 Å². The number of aromatic nitrogens is 1. The highest BCUT2D eigenvalue weighted by molar-refractivity contribution is 6.39. The summed E-state index contributed by atoms with van der Waals surface area (Å²) in [5.41, 5.74) is 2.52. The Balaban J connectivity index is 1.29. The molecular weight excluding hydrogens is 527 g/mol. The topological polar surface area (TPSA) is 120 Å². The van der Waals surface area contributed by atoms with E-state index in [9.17, 15) is 19.5 Å². The number of aliphatic carboxylic acids is 1. The van der Waals surface area contributed by atoms with Crippen LogP contribution in [0.25, 0.3) is 0 Å². The van der Waals surface area contributed by atoms with Gasteiger partial charge in [-0.2, -0.15) is 0 Å². The SMILES string of the molecule is O=C(CCC1CCCc2cccnc2N1)Nc1ccc(C[C@H](NC(=O)c2c(Cl)cccc2Cl)C(=O)O)cc1. The summed E-state index contributed by atoms with van der Waals surface area (Å²) in [6, 6.07) is 14.5. The van der Waals surface area contributed by atoms with Crippen molar-refractivity contribution in [1.29, 1.82) is 0 Å². The summed E-state index contributed by atoms with van der Waals surface area (Å²) in [5, 5.41) is 18.7. The maximum atomic E-state index is 12.6. The number of rotatable bonds is 9. The minimum Gasteiger partial charge on any atom is -0.480 e. The van der Waals surface area contributed by atoms with Gasteiger partial charge < -0.3 is 21.1 Å². The highest BCUT2D eigenvalue weighted by Gasteiger charge is 2.24. The molecule has 198 valence electrons. The number of carbonyl (C=O) groups excluding carboxylic acids is 2. The number of halogens is 2. The van der Waals surface area contributed by atoms with Gasteiger partial charge in [0.25, 0.3) is 5.91 Å². The van der Waals surface area contributed by atoms with E-state index in [2.05, 4.69) is 27.0 Å². The van der Waals surface area contributed by atoms with E-state index in [1.807, 2.05) is 6.07 Å². The highest BCUT2D eigenvalue weighted by atomic mass is 35.5.